The van der Waals surface area contributed by atoms with E-state index in [-0.39, 0.29) is 11.5 Å². The fourth-order valence-electron chi connectivity index (χ4n) is 8.65. The zero-order valence-corrected chi connectivity index (χ0v) is 31.5. The third-order valence-corrected chi connectivity index (χ3v) is 11.6. The van der Waals surface area contributed by atoms with Crippen LogP contribution in [0.25, 0.3) is 55.4 Å². The summed E-state index contributed by atoms with van der Waals surface area (Å²) in [7, 11) is 0. The fourth-order valence-corrected chi connectivity index (χ4v) is 8.65. The number of nitrogens with one attached hydrogen (secondary N) is 1. The van der Waals surface area contributed by atoms with Crippen molar-refractivity contribution in [2.24, 2.45) is 0 Å². The van der Waals surface area contributed by atoms with Crippen LogP contribution < -0.4 is 10.2 Å². The maximum absolute atomic E-state index is 5.18. The molecule has 7 aromatic carbocycles. The Bertz CT molecular complexity index is 2680. The van der Waals surface area contributed by atoms with Gasteiger partial charge in [-0.25, -0.2) is 0 Å². The van der Waals surface area contributed by atoms with Crippen molar-refractivity contribution in [2.75, 3.05) is 4.90 Å². The van der Waals surface area contributed by atoms with E-state index in [0.29, 0.717) is 0 Å². The molecule has 1 aliphatic carbocycles. The molecule has 1 unspecified atom stereocenters. The smallest absolute Gasteiger partial charge is 0.0714 e. The van der Waals surface area contributed by atoms with Gasteiger partial charge in [-0.2, -0.15) is 0 Å². The number of aromatic nitrogens is 1. The molecule has 3 nitrogen and oxygen atoms in total. The van der Waals surface area contributed by atoms with Crippen LogP contribution in [0.1, 0.15) is 36.6 Å². The van der Waals surface area contributed by atoms with Crippen LogP contribution in [0.15, 0.2) is 206 Å². The second kappa shape index (κ2) is 13.7. The van der Waals surface area contributed by atoms with Crippen molar-refractivity contribution in [3.05, 3.63) is 223 Å². The molecule has 0 spiro atoms. The molecule has 0 radical (unpaired) electrons. The molecule has 3 heteroatoms. The molecule has 1 aliphatic heterocycles. The predicted molar refractivity (Wildman–Crippen MR) is 234 cm³/mol. The van der Waals surface area contributed by atoms with Gasteiger partial charge in [0.15, 0.2) is 0 Å². The van der Waals surface area contributed by atoms with Crippen molar-refractivity contribution < 1.29 is 0 Å². The van der Waals surface area contributed by atoms with Gasteiger partial charge in [-0.05, 0) is 103 Å². The average molecular weight is 720 g/mol. The van der Waals surface area contributed by atoms with Gasteiger partial charge >= 0.3 is 0 Å². The molecule has 1 aromatic heterocycles. The van der Waals surface area contributed by atoms with Gasteiger partial charge in [0.1, 0.15) is 0 Å². The zero-order chi connectivity index (χ0) is 37.6. The molecule has 268 valence electrons. The van der Waals surface area contributed by atoms with Crippen molar-refractivity contribution in [3.63, 3.8) is 0 Å². The van der Waals surface area contributed by atoms with Gasteiger partial charge in [0.2, 0.25) is 0 Å². The number of allylic oxidation sites excluding steroid dienone is 1. The number of hydrogen-bond donors (Lipinski definition) is 1. The minimum absolute atomic E-state index is 0.0130. The average Bonchev–Trinajstić information content (AvgIpc) is 3.49. The predicted octanol–water partition coefficient (Wildman–Crippen LogP) is 13.4. The van der Waals surface area contributed by atoms with E-state index in [1.165, 1.54) is 60.8 Å². The first-order valence-corrected chi connectivity index (χ1v) is 19.4. The van der Waals surface area contributed by atoms with Crippen LogP contribution in [0, 0.1) is 0 Å². The Morgan fingerprint density at radius 1 is 0.554 bits per heavy atom. The summed E-state index contributed by atoms with van der Waals surface area (Å²) in [5.41, 5.74) is 16.6. The number of dihydropyridines is 1. The van der Waals surface area contributed by atoms with E-state index in [2.05, 4.69) is 218 Å². The SMILES string of the molecule is CC1(C)c2ccccc2-c2c1cc1ccccc1c2-c1ccc(C2C=CC(N(c3ccc(-c4ccccc4)cc3)c3ccc(-c4ccccc4)cc3)=CN2)cn1. The van der Waals surface area contributed by atoms with E-state index in [4.69, 9.17) is 4.98 Å². The van der Waals surface area contributed by atoms with Gasteiger partial charge in [-0.3, -0.25) is 4.98 Å². The molecule has 2 heterocycles. The molecule has 10 rings (SSSR count). The van der Waals surface area contributed by atoms with Crippen LogP contribution in [0.5, 0.6) is 0 Å². The van der Waals surface area contributed by atoms with Crippen molar-refractivity contribution in [1.82, 2.24) is 10.3 Å². The van der Waals surface area contributed by atoms with E-state index in [0.717, 1.165) is 28.3 Å². The van der Waals surface area contributed by atoms with E-state index < -0.39 is 0 Å². The molecule has 1 atom stereocenters. The normalized spacial score (nSPS) is 15.1. The van der Waals surface area contributed by atoms with Gasteiger partial charge in [-0.1, -0.05) is 159 Å². The minimum Gasteiger partial charge on any atom is -0.379 e. The molecule has 1 N–H and O–H groups in total. The second-order valence-corrected chi connectivity index (χ2v) is 15.3. The standard InChI is InChI=1S/C53H41N3/c1-53(2)47-20-12-11-19-46(47)51-48(53)33-40-17-9-10-18-45(40)52(51)50-31-25-41(34-54-50)49-32-30-44(35-55-49)56(42-26-21-38(22-27-42)36-13-5-3-6-14-36)43-28-23-39(24-29-43)37-15-7-4-8-16-37/h3-35,49,55H,1-2H3. The number of fused-ring (bicyclic) bond motifs is 4. The summed E-state index contributed by atoms with van der Waals surface area (Å²) in [6.45, 7) is 4.69. The van der Waals surface area contributed by atoms with E-state index in [9.17, 15) is 0 Å². The largest absolute Gasteiger partial charge is 0.379 e. The van der Waals surface area contributed by atoms with Crippen molar-refractivity contribution in [1.29, 1.82) is 0 Å². The Morgan fingerprint density at radius 3 is 1.75 bits per heavy atom. The number of anilines is 2. The Balaban J connectivity index is 0.972. The van der Waals surface area contributed by atoms with Crippen LogP contribution >= 0.6 is 0 Å². The molecule has 56 heavy (non-hydrogen) atoms. The topological polar surface area (TPSA) is 28.2 Å². The molecular formula is C53H41N3. The van der Waals surface area contributed by atoms with Crippen LogP contribution in [-0.4, -0.2) is 4.98 Å². The molecule has 0 saturated heterocycles. The summed E-state index contributed by atoms with van der Waals surface area (Å²) in [5, 5.41) is 6.18. The van der Waals surface area contributed by atoms with E-state index in [1.54, 1.807) is 0 Å². The maximum Gasteiger partial charge on any atom is 0.0714 e. The van der Waals surface area contributed by atoms with Crippen molar-refractivity contribution in [3.8, 4) is 44.6 Å². The molecule has 0 fully saturated rings. The highest BCUT2D eigenvalue weighted by Crippen LogP contribution is 2.54. The first-order valence-electron chi connectivity index (χ1n) is 19.4. The monoisotopic (exact) mass is 719 g/mol. The molecule has 0 saturated carbocycles. The third-order valence-electron chi connectivity index (χ3n) is 11.6. The molecule has 8 aromatic rings. The van der Waals surface area contributed by atoms with Crippen LogP contribution in [0.2, 0.25) is 0 Å². The number of rotatable bonds is 7. The first kappa shape index (κ1) is 33.6. The zero-order valence-electron chi connectivity index (χ0n) is 31.5. The number of nitrogens with zero attached hydrogens (tertiary/aromatic N) is 2. The van der Waals surface area contributed by atoms with Gasteiger partial charge in [-0.15, -0.1) is 0 Å². The second-order valence-electron chi connectivity index (χ2n) is 15.3. The number of benzene rings is 7. The van der Waals surface area contributed by atoms with Crippen molar-refractivity contribution in [2.45, 2.75) is 25.3 Å². The number of pyridine rings is 1. The van der Waals surface area contributed by atoms with Gasteiger partial charge in [0, 0.05) is 34.8 Å². The molecule has 0 bridgehead atoms. The third kappa shape index (κ3) is 5.80. The fraction of sp³-hybridized carbons (Fsp3) is 0.0755. The summed E-state index contributed by atoms with van der Waals surface area (Å²) >= 11 is 0. The Hall–Kier alpha value is -6.97. The molecular weight excluding hydrogens is 679 g/mol. The Morgan fingerprint density at radius 2 is 1.14 bits per heavy atom. The highest BCUT2D eigenvalue weighted by atomic mass is 15.2. The lowest BCUT2D eigenvalue weighted by atomic mass is 9.81. The Kier molecular flexibility index (Phi) is 8.22. The maximum atomic E-state index is 5.18. The number of hydrogen-bond acceptors (Lipinski definition) is 3. The first-order chi connectivity index (χ1) is 27.5. The highest BCUT2D eigenvalue weighted by molar-refractivity contribution is 6.07. The quantitative estimate of drug-likeness (QED) is 0.178. The molecule has 2 aliphatic rings. The van der Waals surface area contributed by atoms with E-state index in [1.807, 2.05) is 6.20 Å². The van der Waals surface area contributed by atoms with Crippen LogP contribution in [0.4, 0.5) is 11.4 Å². The van der Waals surface area contributed by atoms with E-state index >= 15 is 0 Å². The lowest BCUT2D eigenvalue weighted by Crippen LogP contribution is -2.23. The van der Waals surface area contributed by atoms with Crippen molar-refractivity contribution >= 4 is 22.1 Å². The summed E-state index contributed by atoms with van der Waals surface area (Å²) in [6, 6.07) is 63.1. The Labute approximate surface area is 329 Å². The minimum atomic E-state index is -0.0900. The lowest BCUT2D eigenvalue weighted by Gasteiger charge is -2.30. The molecule has 0 amide bonds. The van der Waals surface area contributed by atoms with Crippen LogP contribution in [-0.2, 0) is 5.41 Å². The summed E-state index contributed by atoms with van der Waals surface area (Å²) in [6.07, 6.45) is 8.63. The van der Waals surface area contributed by atoms with Gasteiger partial charge < -0.3 is 10.2 Å². The summed E-state index contributed by atoms with van der Waals surface area (Å²) in [5.74, 6) is 0. The van der Waals surface area contributed by atoms with Gasteiger partial charge in [0.25, 0.3) is 0 Å². The van der Waals surface area contributed by atoms with Gasteiger partial charge in [0.05, 0.1) is 17.4 Å². The van der Waals surface area contributed by atoms with Crippen LogP contribution in [0.3, 0.4) is 0 Å². The summed E-state index contributed by atoms with van der Waals surface area (Å²) < 4.78 is 0. The summed E-state index contributed by atoms with van der Waals surface area (Å²) in [4.78, 5) is 7.49. The lowest BCUT2D eigenvalue weighted by molar-refractivity contribution is 0.661. The highest BCUT2D eigenvalue weighted by Gasteiger charge is 2.37.